The summed E-state index contributed by atoms with van der Waals surface area (Å²) in [5.41, 5.74) is 3.12. The highest BCUT2D eigenvalue weighted by atomic mass is 35.5. The monoisotopic (exact) mass is 385 g/mol. The van der Waals surface area contributed by atoms with E-state index in [-0.39, 0.29) is 0 Å². The van der Waals surface area contributed by atoms with Gasteiger partial charge >= 0.3 is 0 Å². The standard InChI is InChI=1S/C24H16ClNO2/c25-17-11-13-21-23(15-17)27-22-14-12-20(16-24(22)28-21)26(18-7-3-1-4-8-18)19-9-5-2-6-10-19/h1-16H. The highest BCUT2D eigenvalue weighted by Crippen LogP contribution is 2.48. The minimum Gasteiger partial charge on any atom is -0.449 e. The summed E-state index contributed by atoms with van der Waals surface area (Å²) in [4.78, 5) is 2.18. The summed E-state index contributed by atoms with van der Waals surface area (Å²) in [6.45, 7) is 0. The fourth-order valence-corrected chi connectivity index (χ4v) is 3.45. The Balaban J connectivity index is 1.59. The summed E-state index contributed by atoms with van der Waals surface area (Å²) in [7, 11) is 0. The van der Waals surface area contributed by atoms with Gasteiger partial charge in [-0.05, 0) is 48.5 Å². The third-order valence-corrected chi connectivity index (χ3v) is 4.79. The molecular formula is C24H16ClNO2. The van der Waals surface area contributed by atoms with Crippen LogP contribution < -0.4 is 14.4 Å². The summed E-state index contributed by atoms with van der Waals surface area (Å²) < 4.78 is 12.1. The van der Waals surface area contributed by atoms with E-state index >= 15 is 0 Å². The van der Waals surface area contributed by atoms with E-state index in [1.165, 1.54) is 0 Å². The van der Waals surface area contributed by atoms with Crippen molar-refractivity contribution >= 4 is 28.7 Å². The van der Waals surface area contributed by atoms with Gasteiger partial charge in [0.25, 0.3) is 0 Å². The van der Waals surface area contributed by atoms with Crippen molar-refractivity contribution in [2.24, 2.45) is 0 Å². The lowest BCUT2D eigenvalue weighted by molar-refractivity contribution is 0.360. The Kier molecular flexibility index (Phi) is 4.15. The van der Waals surface area contributed by atoms with Gasteiger partial charge in [-0.25, -0.2) is 0 Å². The van der Waals surface area contributed by atoms with Crippen LogP contribution in [0.2, 0.25) is 5.02 Å². The number of halogens is 1. The van der Waals surface area contributed by atoms with Crippen molar-refractivity contribution in [1.29, 1.82) is 0 Å². The Bertz CT molecular complexity index is 1090. The van der Waals surface area contributed by atoms with Gasteiger partial charge < -0.3 is 14.4 Å². The molecule has 0 bridgehead atoms. The van der Waals surface area contributed by atoms with Crippen LogP contribution in [0.25, 0.3) is 0 Å². The summed E-state index contributed by atoms with van der Waals surface area (Å²) in [6.07, 6.45) is 0. The van der Waals surface area contributed by atoms with Gasteiger partial charge in [0.1, 0.15) is 0 Å². The van der Waals surface area contributed by atoms with E-state index in [4.69, 9.17) is 21.1 Å². The van der Waals surface area contributed by atoms with Crippen molar-refractivity contribution in [1.82, 2.24) is 0 Å². The topological polar surface area (TPSA) is 21.7 Å². The molecule has 0 atom stereocenters. The average molecular weight is 386 g/mol. The lowest BCUT2D eigenvalue weighted by Crippen LogP contribution is -2.10. The van der Waals surface area contributed by atoms with Crippen LogP contribution in [0.15, 0.2) is 97.1 Å². The number of nitrogens with zero attached hydrogens (tertiary/aromatic N) is 1. The molecule has 0 aliphatic carbocycles. The van der Waals surface area contributed by atoms with E-state index in [1.54, 1.807) is 12.1 Å². The molecule has 0 amide bonds. The van der Waals surface area contributed by atoms with E-state index in [0.29, 0.717) is 28.0 Å². The van der Waals surface area contributed by atoms with Crippen LogP contribution in [-0.4, -0.2) is 0 Å². The summed E-state index contributed by atoms with van der Waals surface area (Å²) >= 11 is 6.06. The first-order valence-electron chi connectivity index (χ1n) is 8.97. The first-order chi connectivity index (χ1) is 13.8. The lowest BCUT2D eigenvalue weighted by Gasteiger charge is -2.27. The Morgan fingerprint density at radius 1 is 0.500 bits per heavy atom. The number of rotatable bonds is 3. The summed E-state index contributed by atoms with van der Waals surface area (Å²) in [5.74, 6) is 2.61. The lowest BCUT2D eigenvalue weighted by atomic mass is 10.1. The molecule has 0 fully saturated rings. The van der Waals surface area contributed by atoms with Crippen LogP contribution in [-0.2, 0) is 0 Å². The molecule has 4 aromatic rings. The highest BCUT2D eigenvalue weighted by molar-refractivity contribution is 6.30. The smallest absolute Gasteiger partial charge is 0.172 e. The van der Waals surface area contributed by atoms with Gasteiger partial charge in [-0.2, -0.15) is 0 Å². The molecule has 1 aliphatic rings. The van der Waals surface area contributed by atoms with Gasteiger partial charge in [-0.15, -0.1) is 0 Å². The number of hydrogen-bond acceptors (Lipinski definition) is 3. The SMILES string of the molecule is Clc1ccc2c(c1)Oc1ccc(N(c3ccccc3)c3ccccc3)cc1O2. The molecule has 4 heteroatoms. The second kappa shape index (κ2) is 6.95. The molecule has 0 saturated heterocycles. The average Bonchev–Trinajstić information content (AvgIpc) is 2.74. The van der Waals surface area contributed by atoms with Crippen LogP contribution in [0, 0.1) is 0 Å². The van der Waals surface area contributed by atoms with Crippen LogP contribution in [0.5, 0.6) is 23.0 Å². The van der Waals surface area contributed by atoms with Crippen molar-refractivity contribution in [2.75, 3.05) is 4.90 Å². The second-order valence-electron chi connectivity index (χ2n) is 6.43. The zero-order valence-electron chi connectivity index (χ0n) is 14.9. The van der Waals surface area contributed by atoms with Gasteiger partial charge in [-0.1, -0.05) is 48.0 Å². The molecule has 3 nitrogen and oxygen atoms in total. The van der Waals surface area contributed by atoms with Crippen molar-refractivity contribution in [3.8, 4) is 23.0 Å². The maximum atomic E-state index is 6.08. The molecule has 5 rings (SSSR count). The van der Waals surface area contributed by atoms with Gasteiger partial charge in [0.15, 0.2) is 23.0 Å². The fourth-order valence-electron chi connectivity index (χ4n) is 3.28. The third-order valence-electron chi connectivity index (χ3n) is 4.56. The van der Waals surface area contributed by atoms with E-state index in [9.17, 15) is 0 Å². The van der Waals surface area contributed by atoms with Gasteiger partial charge in [0, 0.05) is 28.5 Å². The summed E-state index contributed by atoms with van der Waals surface area (Å²) in [6, 6.07) is 31.8. The summed E-state index contributed by atoms with van der Waals surface area (Å²) in [5, 5.41) is 0.613. The van der Waals surface area contributed by atoms with Crippen LogP contribution in [0.1, 0.15) is 0 Å². The molecule has 0 N–H and O–H groups in total. The quantitative estimate of drug-likeness (QED) is 0.317. The molecule has 136 valence electrons. The van der Waals surface area contributed by atoms with E-state index in [2.05, 4.69) is 29.2 Å². The van der Waals surface area contributed by atoms with Crippen molar-refractivity contribution < 1.29 is 9.47 Å². The molecular weight excluding hydrogens is 370 g/mol. The van der Waals surface area contributed by atoms with Gasteiger partial charge in [0.2, 0.25) is 0 Å². The normalized spacial score (nSPS) is 11.6. The van der Waals surface area contributed by atoms with Crippen LogP contribution in [0.3, 0.4) is 0 Å². The number of ether oxygens (including phenoxy) is 2. The highest BCUT2D eigenvalue weighted by Gasteiger charge is 2.21. The second-order valence-corrected chi connectivity index (χ2v) is 6.87. The molecule has 1 heterocycles. The Labute approximate surface area is 168 Å². The van der Waals surface area contributed by atoms with Crippen molar-refractivity contribution in [2.45, 2.75) is 0 Å². The zero-order chi connectivity index (χ0) is 18.9. The number of anilines is 3. The zero-order valence-corrected chi connectivity index (χ0v) is 15.6. The van der Waals surface area contributed by atoms with E-state index in [0.717, 1.165) is 17.1 Å². The maximum absolute atomic E-state index is 6.08. The largest absolute Gasteiger partial charge is 0.449 e. The first kappa shape index (κ1) is 16.7. The molecule has 28 heavy (non-hydrogen) atoms. The molecule has 4 aromatic carbocycles. The molecule has 0 saturated carbocycles. The predicted octanol–water partition coefficient (Wildman–Crippen LogP) is 7.71. The first-order valence-corrected chi connectivity index (χ1v) is 9.35. The number of benzene rings is 4. The van der Waals surface area contributed by atoms with Gasteiger partial charge in [0.05, 0.1) is 5.69 Å². The number of hydrogen-bond donors (Lipinski definition) is 0. The van der Waals surface area contributed by atoms with Crippen molar-refractivity contribution in [3.05, 3.63) is 102 Å². The Morgan fingerprint density at radius 2 is 1.04 bits per heavy atom. The minimum absolute atomic E-state index is 0.613. The molecule has 0 aromatic heterocycles. The molecule has 0 radical (unpaired) electrons. The van der Waals surface area contributed by atoms with Gasteiger partial charge in [-0.3, -0.25) is 0 Å². The number of para-hydroxylation sites is 2. The van der Waals surface area contributed by atoms with Crippen LogP contribution in [0.4, 0.5) is 17.1 Å². The number of fused-ring (bicyclic) bond motifs is 2. The van der Waals surface area contributed by atoms with Crippen LogP contribution >= 0.6 is 11.6 Å². The van der Waals surface area contributed by atoms with E-state index in [1.807, 2.05) is 60.7 Å². The third kappa shape index (κ3) is 3.06. The molecule has 0 unspecified atom stereocenters. The maximum Gasteiger partial charge on any atom is 0.172 e. The molecule has 0 spiro atoms. The Hall–Kier alpha value is -3.43. The van der Waals surface area contributed by atoms with E-state index < -0.39 is 0 Å². The fraction of sp³-hybridized carbons (Fsp3) is 0. The Morgan fingerprint density at radius 3 is 1.64 bits per heavy atom. The predicted molar refractivity (Wildman–Crippen MR) is 113 cm³/mol. The van der Waals surface area contributed by atoms with Crippen molar-refractivity contribution in [3.63, 3.8) is 0 Å². The minimum atomic E-state index is 0.613. The molecule has 1 aliphatic heterocycles.